The molecule has 7 heteroatoms. The first-order valence-electron chi connectivity index (χ1n) is 9.45. The number of benzene rings is 2. The van der Waals surface area contributed by atoms with E-state index in [0.717, 1.165) is 17.7 Å². The molecule has 0 radical (unpaired) electrons. The molecule has 1 atom stereocenters. The van der Waals surface area contributed by atoms with Crippen LogP contribution >= 0.6 is 23.2 Å². The molecule has 3 rings (SSSR count). The highest BCUT2D eigenvalue weighted by Gasteiger charge is 2.34. The molecule has 1 aliphatic rings. The van der Waals surface area contributed by atoms with Crippen molar-refractivity contribution in [2.45, 2.75) is 38.6 Å². The number of hydrogen-bond donors (Lipinski definition) is 1. The number of ether oxygens (including phenoxy) is 1. The average molecular weight is 434 g/mol. The van der Waals surface area contributed by atoms with Gasteiger partial charge in [-0.25, -0.2) is 5.43 Å². The lowest BCUT2D eigenvalue weighted by molar-refractivity contribution is -0.123. The zero-order valence-corrected chi connectivity index (χ0v) is 18.5. The van der Waals surface area contributed by atoms with Crippen LogP contribution in [0.2, 0.25) is 10.0 Å². The van der Waals surface area contributed by atoms with E-state index < -0.39 is 0 Å². The summed E-state index contributed by atoms with van der Waals surface area (Å²) in [5, 5.41) is 5.23. The molecule has 2 aromatic carbocycles. The first kappa shape index (κ1) is 21.5. The largest absolute Gasteiger partial charge is 0.484 e. The molecule has 0 saturated heterocycles. The van der Waals surface area contributed by atoms with Gasteiger partial charge in [-0.2, -0.15) is 5.10 Å². The highest BCUT2D eigenvalue weighted by molar-refractivity contribution is 6.33. The Morgan fingerprint density at radius 2 is 2.00 bits per heavy atom. The summed E-state index contributed by atoms with van der Waals surface area (Å²) >= 11 is 12.3. The first-order chi connectivity index (χ1) is 13.7. The molecule has 154 valence electrons. The number of carbonyl (C=O) groups excluding carboxylic acids is 1. The Kier molecular flexibility index (Phi) is 6.39. The fraction of sp³-hybridized carbons (Fsp3) is 0.364. The van der Waals surface area contributed by atoms with Crippen molar-refractivity contribution in [2.75, 3.05) is 18.6 Å². The molecular formula is C22H25Cl2N3O2. The lowest BCUT2D eigenvalue weighted by atomic mass is 9.80. The fourth-order valence-electron chi connectivity index (χ4n) is 3.59. The van der Waals surface area contributed by atoms with E-state index in [1.165, 1.54) is 5.56 Å². The van der Waals surface area contributed by atoms with E-state index in [0.29, 0.717) is 21.7 Å². The van der Waals surface area contributed by atoms with Gasteiger partial charge in [0.25, 0.3) is 5.91 Å². The van der Waals surface area contributed by atoms with E-state index in [-0.39, 0.29) is 18.1 Å². The van der Waals surface area contributed by atoms with Crippen LogP contribution in [0.25, 0.3) is 0 Å². The third kappa shape index (κ3) is 5.03. The molecule has 1 heterocycles. The van der Waals surface area contributed by atoms with Crippen molar-refractivity contribution in [1.82, 2.24) is 5.43 Å². The maximum atomic E-state index is 11.9. The van der Waals surface area contributed by atoms with Crippen LogP contribution < -0.4 is 15.1 Å². The zero-order chi connectivity index (χ0) is 21.2. The third-order valence-corrected chi connectivity index (χ3v) is 5.91. The van der Waals surface area contributed by atoms with Gasteiger partial charge in [-0.1, -0.05) is 30.1 Å². The first-order valence-corrected chi connectivity index (χ1v) is 10.2. The number of hydrazone groups is 1. The lowest BCUT2D eigenvalue weighted by Gasteiger charge is -2.45. The summed E-state index contributed by atoms with van der Waals surface area (Å²) in [6, 6.07) is 10.8. The van der Waals surface area contributed by atoms with Crippen LogP contribution in [0.5, 0.6) is 5.75 Å². The van der Waals surface area contributed by atoms with Crippen molar-refractivity contribution in [2.24, 2.45) is 5.10 Å². The Balaban J connectivity index is 1.64. The Morgan fingerprint density at radius 3 is 2.69 bits per heavy atom. The van der Waals surface area contributed by atoms with Crippen molar-refractivity contribution >= 4 is 41.0 Å². The number of hydrogen-bond acceptors (Lipinski definition) is 4. The second kappa shape index (κ2) is 8.64. The third-order valence-electron chi connectivity index (χ3n) is 5.33. The second-order valence-electron chi connectivity index (χ2n) is 7.94. The van der Waals surface area contributed by atoms with Crippen LogP contribution in [0, 0.1) is 0 Å². The summed E-state index contributed by atoms with van der Waals surface area (Å²) in [5.41, 5.74) is 5.67. The van der Waals surface area contributed by atoms with E-state index in [1.807, 2.05) is 12.1 Å². The lowest BCUT2D eigenvalue weighted by Crippen LogP contribution is -2.45. The smallest absolute Gasteiger partial charge is 0.277 e. The fourth-order valence-corrected chi connectivity index (χ4v) is 3.92. The van der Waals surface area contributed by atoms with E-state index in [9.17, 15) is 4.79 Å². The van der Waals surface area contributed by atoms with Crippen LogP contribution in [0.15, 0.2) is 41.5 Å². The van der Waals surface area contributed by atoms with Crippen molar-refractivity contribution in [3.05, 3.63) is 57.6 Å². The van der Waals surface area contributed by atoms with Gasteiger partial charge < -0.3 is 9.64 Å². The normalized spacial score (nSPS) is 17.9. The molecule has 0 unspecified atom stereocenters. The average Bonchev–Trinajstić information content (AvgIpc) is 2.66. The molecule has 0 fully saturated rings. The number of nitrogens with zero attached hydrogens (tertiary/aromatic N) is 2. The molecule has 2 aromatic rings. The van der Waals surface area contributed by atoms with Gasteiger partial charge in [0, 0.05) is 28.9 Å². The maximum Gasteiger partial charge on any atom is 0.277 e. The summed E-state index contributed by atoms with van der Waals surface area (Å²) < 4.78 is 5.39. The van der Waals surface area contributed by atoms with Gasteiger partial charge in [0.15, 0.2) is 6.61 Å². The van der Waals surface area contributed by atoms with Crippen molar-refractivity contribution in [3.8, 4) is 5.75 Å². The topological polar surface area (TPSA) is 53.9 Å². The Bertz CT molecular complexity index is 926. The van der Waals surface area contributed by atoms with Crippen LogP contribution in [0.4, 0.5) is 5.69 Å². The van der Waals surface area contributed by atoms with Gasteiger partial charge in [0.2, 0.25) is 0 Å². The Labute approximate surface area is 181 Å². The minimum Gasteiger partial charge on any atom is -0.484 e. The molecule has 0 spiro atoms. The predicted molar refractivity (Wildman–Crippen MR) is 120 cm³/mol. The number of anilines is 1. The van der Waals surface area contributed by atoms with Crippen molar-refractivity contribution in [1.29, 1.82) is 0 Å². The van der Waals surface area contributed by atoms with Crippen LogP contribution in [0.3, 0.4) is 0 Å². The number of carbonyl (C=O) groups is 1. The van der Waals surface area contributed by atoms with Crippen LogP contribution in [-0.2, 0) is 4.79 Å². The molecule has 0 bridgehead atoms. The summed E-state index contributed by atoms with van der Waals surface area (Å²) in [6.07, 6.45) is 2.61. The zero-order valence-electron chi connectivity index (χ0n) is 17.0. The Hall–Kier alpha value is -2.24. The summed E-state index contributed by atoms with van der Waals surface area (Å²) in [6.45, 7) is 6.54. The quantitative estimate of drug-likeness (QED) is 0.517. The number of amides is 1. The standard InChI is InChI=1S/C22H25Cl2N3O2/c1-14-11-22(2,3)27(4)20-10-19(24)15(9-18(14)20)12-25-26-21(28)13-29-17-7-5-16(23)6-8-17/h5-10,12,14H,11,13H2,1-4H3,(H,26,28)/b25-12-/t14-/m0/s1. The van der Waals surface area contributed by atoms with Gasteiger partial charge in [0.05, 0.1) is 11.2 Å². The molecule has 1 aliphatic heterocycles. The molecule has 0 saturated carbocycles. The summed E-state index contributed by atoms with van der Waals surface area (Å²) in [7, 11) is 2.09. The minimum absolute atomic E-state index is 0.0728. The molecule has 0 aromatic heterocycles. The molecular weight excluding hydrogens is 409 g/mol. The van der Waals surface area contributed by atoms with Crippen LogP contribution in [0.1, 0.15) is 44.2 Å². The predicted octanol–water partition coefficient (Wildman–Crippen LogP) is 5.24. The SMILES string of the molecule is C[C@H]1CC(C)(C)N(C)c2cc(Cl)c(/C=N\NC(=O)COc3ccc(Cl)cc3)cc21. The number of nitrogens with one attached hydrogen (secondary N) is 1. The van der Waals surface area contributed by atoms with E-state index in [1.54, 1.807) is 30.5 Å². The monoisotopic (exact) mass is 433 g/mol. The van der Waals surface area contributed by atoms with E-state index in [2.05, 4.69) is 43.2 Å². The van der Waals surface area contributed by atoms with Crippen molar-refractivity contribution < 1.29 is 9.53 Å². The highest BCUT2D eigenvalue weighted by atomic mass is 35.5. The van der Waals surface area contributed by atoms with Gasteiger partial charge in [-0.15, -0.1) is 0 Å². The van der Waals surface area contributed by atoms with E-state index >= 15 is 0 Å². The van der Waals surface area contributed by atoms with Gasteiger partial charge in [0.1, 0.15) is 5.75 Å². The maximum absolute atomic E-state index is 11.9. The van der Waals surface area contributed by atoms with E-state index in [4.69, 9.17) is 27.9 Å². The highest BCUT2D eigenvalue weighted by Crippen LogP contribution is 2.44. The molecule has 1 amide bonds. The Morgan fingerprint density at radius 1 is 1.31 bits per heavy atom. The summed E-state index contributed by atoms with van der Waals surface area (Å²) in [4.78, 5) is 14.2. The molecule has 1 N–H and O–H groups in total. The van der Waals surface area contributed by atoms with Gasteiger partial charge in [-0.05, 0) is 68.1 Å². The molecule has 0 aliphatic carbocycles. The number of rotatable bonds is 5. The second-order valence-corrected chi connectivity index (χ2v) is 8.79. The molecule has 5 nitrogen and oxygen atoms in total. The summed E-state index contributed by atoms with van der Waals surface area (Å²) in [5.74, 6) is 0.607. The minimum atomic E-state index is -0.361. The molecule has 29 heavy (non-hydrogen) atoms. The van der Waals surface area contributed by atoms with Gasteiger partial charge >= 0.3 is 0 Å². The number of fused-ring (bicyclic) bond motifs is 1. The number of halogens is 2. The van der Waals surface area contributed by atoms with Crippen molar-refractivity contribution in [3.63, 3.8) is 0 Å². The van der Waals surface area contributed by atoms with Gasteiger partial charge in [-0.3, -0.25) is 4.79 Å². The van der Waals surface area contributed by atoms with Crippen LogP contribution in [-0.4, -0.2) is 31.3 Å².